The standard InChI is InChI=1S/C42H26N2/c1-3-10-30-24-33(17-15-27(30)8-1)40-35-13-5-6-14-36(35)41(34-18-16-28-9-2-4-11-31(28)25-34)38-26-32(19-21-37(38)40)39-22-20-29-12-7-23-43-42(29)44-39/h1-26H. The van der Waals surface area contributed by atoms with E-state index in [-0.39, 0.29) is 0 Å². The lowest BCUT2D eigenvalue weighted by atomic mass is 9.84. The molecule has 0 radical (unpaired) electrons. The zero-order chi connectivity index (χ0) is 29.0. The summed E-state index contributed by atoms with van der Waals surface area (Å²) < 4.78 is 0. The molecule has 0 atom stereocenters. The van der Waals surface area contributed by atoms with E-state index in [1.807, 2.05) is 6.07 Å². The van der Waals surface area contributed by atoms with Crippen LogP contribution in [0.25, 0.3) is 87.6 Å². The molecule has 44 heavy (non-hydrogen) atoms. The van der Waals surface area contributed by atoms with Crippen LogP contribution in [0.2, 0.25) is 0 Å². The number of hydrogen-bond acceptors (Lipinski definition) is 2. The van der Waals surface area contributed by atoms with Crippen LogP contribution in [0.4, 0.5) is 0 Å². The van der Waals surface area contributed by atoms with Gasteiger partial charge in [-0.05, 0) is 108 Å². The van der Waals surface area contributed by atoms with E-state index in [4.69, 9.17) is 4.98 Å². The second-order valence-corrected chi connectivity index (χ2v) is 11.4. The van der Waals surface area contributed by atoms with Crippen molar-refractivity contribution in [2.45, 2.75) is 0 Å². The average Bonchev–Trinajstić information content (AvgIpc) is 3.09. The Hall–Kier alpha value is -5.86. The summed E-state index contributed by atoms with van der Waals surface area (Å²) in [5, 5.41) is 10.9. The molecule has 7 aromatic carbocycles. The van der Waals surface area contributed by atoms with Gasteiger partial charge in [0.25, 0.3) is 0 Å². The molecule has 0 spiro atoms. The number of nitrogens with zero attached hydrogens (tertiary/aromatic N) is 2. The van der Waals surface area contributed by atoms with Gasteiger partial charge in [-0.25, -0.2) is 9.97 Å². The summed E-state index contributed by atoms with van der Waals surface area (Å²) in [5.41, 5.74) is 7.68. The van der Waals surface area contributed by atoms with Gasteiger partial charge in [0, 0.05) is 17.1 Å². The van der Waals surface area contributed by atoms with Crippen molar-refractivity contribution < 1.29 is 0 Å². The van der Waals surface area contributed by atoms with E-state index in [2.05, 4.69) is 151 Å². The highest BCUT2D eigenvalue weighted by Crippen LogP contribution is 2.45. The van der Waals surface area contributed by atoms with Crippen LogP contribution in [0.1, 0.15) is 0 Å². The largest absolute Gasteiger partial charge is 0.237 e. The summed E-state index contributed by atoms with van der Waals surface area (Å²) in [4.78, 5) is 9.49. The fourth-order valence-corrected chi connectivity index (χ4v) is 6.76. The monoisotopic (exact) mass is 558 g/mol. The minimum Gasteiger partial charge on any atom is -0.237 e. The second kappa shape index (κ2) is 9.86. The number of aromatic nitrogens is 2. The molecule has 0 aliphatic heterocycles. The Balaban J connectivity index is 1.39. The zero-order valence-corrected chi connectivity index (χ0v) is 23.9. The van der Waals surface area contributed by atoms with Gasteiger partial charge in [0.1, 0.15) is 0 Å². The number of hydrogen-bond donors (Lipinski definition) is 0. The van der Waals surface area contributed by atoms with Crippen molar-refractivity contribution in [1.82, 2.24) is 9.97 Å². The summed E-state index contributed by atoms with van der Waals surface area (Å²) in [6.45, 7) is 0. The third kappa shape index (κ3) is 3.96. The first kappa shape index (κ1) is 24.7. The van der Waals surface area contributed by atoms with Gasteiger partial charge in [-0.3, -0.25) is 0 Å². The highest BCUT2D eigenvalue weighted by molar-refractivity contribution is 6.22. The van der Waals surface area contributed by atoms with E-state index in [9.17, 15) is 0 Å². The van der Waals surface area contributed by atoms with Crippen molar-refractivity contribution in [1.29, 1.82) is 0 Å². The molecule has 9 rings (SSSR count). The van der Waals surface area contributed by atoms with Crippen LogP contribution < -0.4 is 0 Å². The summed E-state index contributed by atoms with van der Waals surface area (Å²) in [7, 11) is 0. The molecule has 9 aromatic rings. The van der Waals surface area contributed by atoms with E-state index in [1.54, 1.807) is 6.20 Å². The van der Waals surface area contributed by atoms with Crippen molar-refractivity contribution in [2.75, 3.05) is 0 Å². The molecule has 0 aliphatic rings. The summed E-state index contributed by atoms with van der Waals surface area (Å²) in [6.07, 6.45) is 1.80. The minimum atomic E-state index is 0.759. The second-order valence-electron chi connectivity index (χ2n) is 11.4. The molecular weight excluding hydrogens is 532 g/mol. The topological polar surface area (TPSA) is 25.8 Å². The predicted molar refractivity (Wildman–Crippen MR) is 186 cm³/mol. The fraction of sp³-hybridized carbons (Fsp3) is 0. The summed E-state index contributed by atoms with van der Waals surface area (Å²) >= 11 is 0. The smallest absolute Gasteiger partial charge is 0.159 e. The maximum atomic E-state index is 4.96. The number of pyridine rings is 2. The molecule has 2 heteroatoms. The summed E-state index contributed by atoms with van der Waals surface area (Å²) in [6, 6.07) is 54.8. The summed E-state index contributed by atoms with van der Waals surface area (Å²) in [5.74, 6) is 0. The first-order valence-electron chi connectivity index (χ1n) is 15.0. The number of fused-ring (bicyclic) bond motifs is 5. The van der Waals surface area contributed by atoms with E-state index < -0.39 is 0 Å². The lowest BCUT2D eigenvalue weighted by Gasteiger charge is -2.19. The minimum absolute atomic E-state index is 0.759. The Morgan fingerprint density at radius 2 is 0.864 bits per heavy atom. The Bertz CT molecular complexity index is 2560. The highest BCUT2D eigenvalue weighted by atomic mass is 14.8. The van der Waals surface area contributed by atoms with Crippen molar-refractivity contribution >= 4 is 54.1 Å². The first-order valence-corrected chi connectivity index (χ1v) is 15.0. The maximum absolute atomic E-state index is 4.96. The lowest BCUT2D eigenvalue weighted by Crippen LogP contribution is -1.93. The number of benzene rings is 7. The van der Waals surface area contributed by atoms with Crippen LogP contribution >= 0.6 is 0 Å². The third-order valence-electron chi connectivity index (χ3n) is 8.86. The van der Waals surface area contributed by atoms with Gasteiger partial charge in [0.15, 0.2) is 5.65 Å². The quantitative estimate of drug-likeness (QED) is 0.202. The molecule has 0 fully saturated rings. The Labute approximate surface area is 254 Å². The van der Waals surface area contributed by atoms with Gasteiger partial charge in [-0.2, -0.15) is 0 Å². The van der Waals surface area contributed by atoms with Gasteiger partial charge in [-0.1, -0.05) is 109 Å². The highest BCUT2D eigenvalue weighted by Gasteiger charge is 2.18. The third-order valence-corrected chi connectivity index (χ3v) is 8.86. The van der Waals surface area contributed by atoms with E-state index in [1.165, 1.54) is 65.3 Å². The van der Waals surface area contributed by atoms with Gasteiger partial charge in [-0.15, -0.1) is 0 Å². The maximum Gasteiger partial charge on any atom is 0.159 e. The van der Waals surface area contributed by atoms with Gasteiger partial charge in [0.05, 0.1) is 5.69 Å². The van der Waals surface area contributed by atoms with Crippen LogP contribution in [0.15, 0.2) is 158 Å². The normalized spacial score (nSPS) is 11.6. The molecule has 0 aliphatic carbocycles. The average molecular weight is 559 g/mol. The van der Waals surface area contributed by atoms with E-state index >= 15 is 0 Å². The van der Waals surface area contributed by atoms with Crippen molar-refractivity contribution in [2.24, 2.45) is 0 Å². The Morgan fingerprint density at radius 1 is 0.341 bits per heavy atom. The van der Waals surface area contributed by atoms with Gasteiger partial charge < -0.3 is 0 Å². The van der Waals surface area contributed by atoms with Crippen molar-refractivity contribution in [3.63, 3.8) is 0 Å². The van der Waals surface area contributed by atoms with Crippen molar-refractivity contribution in [3.05, 3.63) is 158 Å². The van der Waals surface area contributed by atoms with E-state index in [0.29, 0.717) is 0 Å². The van der Waals surface area contributed by atoms with Crippen LogP contribution in [0.3, 0.4) is 0 Å². The predicted octanol–water partition coefficient (Wildman–Crippen LogP) is 11.2. The molecule has 204 valence electrons. The Morgan fingerprint density at radius 3 is 1.55 bits per heavy atom. The lowest BCUT2D eigenvalue weighted by molar-refractivity contribution is 1.29. The number of rotatable bonds is 3. The first-order chi connectivity index (χ1) is 21.8. The van der Waals surface area contributed by atoms with Crippen LogP contribution in [0.5, 0.6) is 0 Å². The SMILES string of the molecule is c1ccc2cc(-c3c4ccccc4c(-c4ccc5ccccc5c4)c4cc(-c5ccc6cccnc6n5)ccc34)ccc2c1. The molecule has 2 aromatic heterocycles. The van der Waals surface area contributed by atoms with Gasteiger partial charge >= 0.3 is 0 Å². The molecule has 0 unspecified atom stereocenters. The molecule has 0 saturated heterocycles. The molecule has 0 bridgehead atoms. The van der Waals surface area contributed by atoms with Crippen LogP contribution in [-0.2, 0) is 0 Å². The van der Waals surface area contributed by atoms with E-state index in [0.717, 1.165) is 22.3 Å². The van der Waals surface area contributed by atoms with Crippen LogP contribution in [-0.4, -0.2) is 9.97 Å². The molecule has 2 heterocycles. The zero-order valence-electron chi connectivity index (χ0n) is 23.9. The van der Waals surface area contributed by atoms with Crippen molar-refractivity contribution in [3.8, 4) is 33.5 Å². The fourth-order valence-electron chi connectivity index (χ4n) is 6.76. The van der Waals surface area contributed by atoms with Crippen LogP contribution in [0, 0.1) is 0 Å². The molecule has 0 amide bonds. The Kier molecular flexibility index (Phi) is 5.54. The van der Waals surface area contributed by atoms with Gasteiger partial charge in [0.2, 0.25) is 0 Å². The molecule has 0 saturated carbocycles. The molecule has 0 N–H and O–H groups in total. The molecular formula is C42H26N2. The molecule has 2 nitrogen and oxygen atoms in total.